The Kier molecular flexibility index (Phi) is 4.09. The number of benzene rings is 2. The quantitative estimate of drug-likeness (QED) is 0.847. The summed E-state index contributed by atoms with van der Waals surface area (Å²) in [4.78, 5) is 16.0. The lowest BCUT2D eigenvalue weighted by molar-refractivity contribution is 0.121. The van der Waals surface area contributed by atoms with Gasteiger partial charge in [-0.1, -0.05) is 30.3 Å². The van der Waals surface area contributed by atoms with Crippen LogP contribution >= 0.6 is 0 Å². The highest BCUT2D eigenvalue weighted by Gasteiger charge is 2.34. The molecule has 0 aromatic heterocycles. The van der Waals surface area contributed by atoms with E-state index in [1.54, 1.807) is 24.1 Å². The fraction of sp³-hybridized carbons (Fsp3) is 0.278. The van der Waals surface area contributed by atoms with Gasteiger partial charge in [-0.25, -0.2) is 9.18 Å². The second-order valence-electron chi connectivity index (χ2n) is 5.64. The Bertz CT molecular complexity index is 642. The van der Waals surface area contributed by atoms with Gasteiger partial charge in [-0.2, -0.15) is 0 Å². The molecule has 1 atom stereocenters. The minimum absolute atomic E-state index is 0.0289. The van der Waals surface area contributed by atoms with Crippen molar-refractivity contribution in [1.82, 2.24) is 4.90 Å². The highest BCUT2D eigenvalue weighted by Crippen LogP contribution is 2.25. The lowest BCUT2D eigenvalue weighted by Gasteiger charge is -2.43. The number of anilines is 1. The van der Waals surface area contributed by atoms with Crippen LogP contribution in [-0.2, 0) is 6.42 Å². The van der Waals surface area contributed by atoms with Gasteiger partial charge in [0.25, 0.3) is 0 Å². The van der Waals surface area contributed by atoms with Crippen molar-refractivity contribution in [2.45, 2.75) is 18.9 Å². The molecule has 0 spiro atoms. The molecular formula is C18H19FN2O. The number of hydrogen-bond acceptors (Lipinski definition) is 1. The molecule has 2 aromatic rings. The second kappa shape index (κ2) is 6.18. The summed E-state index contributed by atoms with van der Waals surface area (Å²) < 4.78 is 13.0. The van der Waals surface area contributed by atoms with Crippen molar-refractivity contribution >= 4 is 11.7 Å². The van der Waals surface area contributed by atoms with Crippen molar-refractivity contribution in [1.29, 1.82) is 0 Å². The zero-order valence-corrected chi connectivity index (χ0v) is 12.6. The summed E-state index contributed by atoms with van der Waals surface area (Å²) in [6, 6.07) is 16.4. The first-order chi connectivity index (χ1) is 10.6. The third-order valence-corrected chi connectivity index (χ3v) is 4.20. The highest BCUT2D eigenvalue weighted by molar-refractivity contribution is 5.92. The van der Waals surface area contributed by atoms with Gasteiger partial charge in [0, 0.05) is 25.3 Å². The Labute approximate surface area is 130 Å². The average molecular weight is 298 g/mol. The van der Waals surface area contributed by atoms with E-state index in [1.807, 2.05) is 23.1 Å². The van der Waals surface area contributed by atoms with Crippen LogP contribution in [0.2, 0.25) is 0 Å². The van der Waals surface area contributed by atoms with Crippen LogP contribution < -0.4 is 4.90 Å². The van der Waals surface area contributed by atoms with Crippen molar-refractivity contribution in [3.05, 3.63) is 66.0 Å². The van der Waals surface area contributed by atoms with Gasteiger partial charge in [-0.15, -0.1) is 0 Å². The summed E-state index contributed by atoms with van der Waals surface area (Å²) in [5.41, 5.74) is 1.95. The molecule has 1 heterocycles. The molecule has 1 aliphatic rings. The van der Waals surface area contributed by atoms with E-state index in [4.69, 9.17) is 0 Å². The van der Waals surface area contributed by atoms with E-state index in [0.29, 0.717) is 5.69 Å². The van der Waals surface area contributed by atoms with Crippen molar-refractivity contribution in [2.75, 3.05) is 18.5 Å². The first-order valence-corrected chi connectivity index (χ1v) is 7.49. The maximum absolute atomic E-state index is 13.0. The fourth-order valence-electron chi connectivity index (χ4n) is 2.76. The Morgan fingerprint density at radius 2 is 1.86 bits per heavy atom. The molecule has 3 nitrogen and oxygen atoms in total. The van der Waals surface area contributed by atoms with Gasteiger partial charge in [0.05, 0.1) is 0 Å². The van der Waals surface area contributed by atoms with Gasteiger partial charge in [0.15, 0.2) is 0 Å². The number of carbonyl (C=O) groups is 1. The van der Waals surface area contributed by atoms with Crippen LogP contribution in [0.5, 0.6) is 0 Å². The third kappa shape index (κ3) is 2.96. The smallest absolute Gasteiger partial charge is 0.321 e. The van der Waals surface area contributed by atoms with Crippen LogP contribution in [0.1, 0.15) is 12.0 Å². The van der Waals surface area contributed by atoms with Gasteiger partial charge in [-0.3, -0.25) is 4.90 Å². The predicted octanol–water partition coefficient (Wildman–Crippen LogP) is 3.70. The molecule has 2 aromatic carbocycles. The van der Waals surface area contributed by atoms with E-state index in [-0.39, 0.29) is 17.9 Å². The van der Waals surface area contributed by atoms with E-state index >= 15 is 0 Å². The summed E-state index contributed by atoms with van der Waals surface area (Å²) in [5.74, 6) is -0.296. The van der Waals surface area contributed by atoms with Crippen LogP contribution in [0.4, 0.5) is 14.9 Å². The number of urea groups is 1. The number of likely N-dealkylation sites (tertiary alicyclic amines) is 1. The third-order valence-electron chi connectivity index (χ3n) is 4.20. The molecule has 1 saturated heterocycles. The molecular weight excluding hydrogens is 279 g/mol. The standard InChI is InChI=1S/C18H19FN2O/c1-20(16-9-7-15(19)8-10-16)18(22)21-12-11-17(21)13-14-5-3-2-4-6-14/h2-10,17H,11-13H2,1H3. The van der Waals surface area contributed by atoms with Crippen molar-refractivity contribution in [3.63, 3.8) is 0 Å². The van der Waals surface area contributed by atoms with Crippen LogP contribution in [0.3, 0.4) is 0 Å². The molecule has 1 unspecified atom stereocenters. The van der Waals surface area contributed by atoms with E-state index < -0.39 is 0 Å². The lowest BCUT2D eigenvalue weighted by atomic mass is 9.95. The topological polar surface area (TPSA) is 23.6 Å². The minimum Gasteiger partial charge on any atom is -0.321 e. The molecule has 0 N–H and O–H groups in total. The predicted molar refractivity (Wildman–Crippen MR) is 85.5 cm³/mol. The first-order valence-electron chi connectivity index (χ1n) is 7.49. The van der Waals surface area contributed by atoms with E-state index in [9.17, 15) is 9.18 Å². The summed E-state index contributed by atoms with van der Waals surface area (Å²) in [6.45, 7) is 0.780. The molecule has 2 amide bonds. The molecule has 0 saturated carbocycles. The molecule has 0 radical (unpaired) electrons. The Morgan fingerprint density at radius 3 is 2.45 bits per heavy atom. The van der Waals surface area contributed by atoms with Gasteiger partial charge in [-0.05, 0) is 42.7 Å². The summed E-state index contributed by atoms with van der Waals surface area (Å²) in [5, 5.41) is 0. The van der Waals surface area contributed by atoms with Crippen molar-refractivity contribution < 1.29 is 9.18 Å². The summed E-state index contributed by atoms with van der Waals surface area (Å²) in [6.07, 6.45) is 1.90. The fourth-order valence-corrected chi connectivity index (χ4v) is 2.76. The number of hydrogen-bond donors (Lipinski definition) is 0. The molecule has 0 aliphatic carbocycles. The van der Waals surface area contributed by atoms with Gasteiger partial charge >= 0.3 is 6.03 Å². The van der Waals surface area contributed by atoms with Crippen LogP contribution in [0, 0.1) is 5.82 Å². The van der Waals surface area contributed by atoms with E-state index in [0.717, 1.165) is 19.4 Å². The monoisotopic (exact) mass is 298 g/mol. The Hall–Kier alpha value is -2.36. The van der Waals surface area contributed by atoms with Gasteiger partial charge < -0.3 is 4.90 Å². The highest BCUT2D eigenvalue weighted by atomic mass is 19.1. The van der Waals surface area contributed by atoms with Crippen molar-refractivity contribution in [3.8, 4) is 0 Å². The molecule has 22 heavy (non-hydrogen) atoms. The molecule has 0 bridgehead atoms. The minimum atomic E-state index is -0.296. The molecule has 4 heteroatoms. The van der Waals surface area contributed by atoms with Crippen LogP contribution in [0.15, 0.2) is 54.6 Å². The Morgan fingerprint density at radius 1 is 1.18 bits per heavy atom. The van der Waals surface area contributed by atoms with E-state index in [1.165, 1.54) is 17.7 Å². The lowest BCUT2D eigenvalue weighted by Crippen LogP contribution is -2.56. The zero-order chi connectivity index (χ0) is 15.5. The van der Waals surface area contributed by atoms with Gasteiger partial charge in [0.2, 0.25) is 0 Å². The number of halogens is 1. The van der Waals surface area contributed by atoms with Gasteiger partial charge in [0.1, 0.15) is 5.82 Å². The molecule has 1 aliphatic heterocycles. The van der Waals surface area contributed by atoms with Crippen LogP contribution in [-0.4, -0.2) is 30.6 Å². The zero-order valence-electron chi connectivity index (χ0n) is 12.6. The number of amides is 2. The Balaban J connectivity index is 1.66. The maximum atomic E-state index is 13.0. The first kappa shape index (κ1) is 14.6. The molecule has 3 rings (SSSR count). The number of rotatable bonds is 3. The number of nitrogens with zero attached hydrogens (tertiary/aromatic N) is 2. The van der Waals surface area contributed by atoms with Crippen LogP contribution in [0.25, 0.3) is 0 Å². The largest absolute Gasteiger partial charge is 0.324 e. The SMILES string of the molecule is CN(C(=O)N1CCC1Cc1ccccc1)c1ccc(F)cc1. The summed E-state index contributed by atoms with van der Waals surface area (Å²) in [7, 11) is 1.73. The average Bonchev–Trinajstić information content (AvgIpc) is 2.52. The summed E-state index contributed by atoms with van der Waals surface area (Å²) >= 11 is 0. The van der Waals surface area contributed by atoms with E-state index in [2.05, 4.69) is 12.1 Å². The normalized spacial score (nSPS) is 17.0. The maximum Gasteiger partial charge on any atom is 0.324 e. The van der Waals surface area contributed by atoms with Crippen molar-refractivity contribution in [2.24, 2.45) is 0 Å². The molecule has 114 valence electrons. The second-order valence-corrected chi connectivity index (χ2v) is 5.64. The number of carbonyl (C=O) groups excluding carboxylic acids is 1. The molecule has 1 fully saturated rings.